The van der Waals surface area contributed by atoms with E-state index < -0.39 is 0 Å². The molecule has 0 bridgehead atoms. The Labute approximate surface area is 202 Å². The van der Waals surface area contributed by atoms with Crippen LogP contribution < -0.4 is 20.1 Å². The summed E-state index contributed by atoms with van der Waals surface area (Å²) < 4.78 is 17.1. The van der Waals surface area contributed by atoms with E-state index in [2.05, 4.69) is 15.6 Å². The van der Waals surface area contributed by atoms with Gasteiger partial charge in [-0.2, -0.15) is 0 Å². The first-order chi connectivity index (χ1) is 14.6. The van der Waals surface area contributed by atoms with Gasteiger partial charge in [-0.05, 0) is 37.3 Å². The van der Waals surface area contributed by atoms with Gasteiger partial charge in [0.05, 0.1) is 13.2 Å². The highest BCUT2D eigenvalue weighted by Crippen LogP contribution is 2.32. The van der Waals surface area contributed by atoms with E-state index in [9.17, 15) is 4.79 Å². The van der Waals surface area contributed by atoms with Crippen molar-refractivity contribution in [3.63, 3.8) is 0 Å². The second kappa shape index (κ2) is 13.6. The number of hydrogen-bond acceptors (Lipinski definition) is 5. The lowest BCUT2D eigenvalue weighted by Gasteiger charge is -2.15. The van der Waals surface area contributed by atoms with Gasteiger partial charge in [-0.15, -0.1) is 24.0 Å². The Bertz CT molecular complexity index is 725. The van der Waals surface area contributed by atoms with Crippen molar-refractivity contribution in [3.8, 4) is 11.5 Å². The van der Waals surface area contributed by atoms with Gasteiger partial charge in [0, 0.05) is 65.0 Å². The van der Waals surface area contributed by atoms with Crippen molar-refractivity contribution in [2.45, 2.75) is 32.1 Å². The Morgan fingerprint density at radius 3 is 2.74 bits per heavy atom. The molecule has 1 fully saturated rings. The molecule has 0 atom stereocenters. The summed E-state index contributed by atoms with van der Waals surface area (Å²) in [5.74, 6) is 2.98. The molecular weight excluding hydrogens is 511 g/mol. The number of nitrogens with one attached hydrogen (secondary N) is 2. The van der Waals surface area contributed by atoms with Gasteiger partial charge in [0.15, 0.2) is 17.5 Å². The predicted molar refractivity (Wildman–Crippen MR) is 133 cm³/mol. The van der Waals surface area contributed by atoms with Gasteiger partial charge in [-0.25, -0.2) is 0 Å². The average molecular weight is 546 g/mol. The molecule has 0 aromatic heterocycles. The number of nitrogens with zero attached hydrogens (tertiary/aromatic N) is 2. The van der Waals surface area contributed by atoms with Gasteiger partial charge >= 0.3 is 0 Å². The molecule has 0 radical (unpaired) electrons. The lowest BCUT2D eigenvalue weighted by atomic mass is 10.2. The topological polar surface area (TPSA) is 84.4 Å². The average Bonchev–Trinajstić information content (AvgIpc) is 3.57. The quantitative estimate of drug-likeness (QED) is 0.203. The van der Waals surface area contributed by atoms with E-state index in [-0.39, 0.29) is 29.9 Å². The number of guanidine groups is 1. The molecule has 2 N–H and O–H groups in total. The minimum absolute atomic E-state index is 0. The van der Waals surface area contributed by atoms with E-state index in [4.69, 9.17) is 14.2 Å². The van der Waals surface area contributed by atoms with Crippen LogP contribution in [0, 0.1) is 5.92 Å². The van der Waals surface area contributed by atoms with E-state index in [0.717, 1.165) is 49.2 Å². The van der Waals surface area contributed by atoms with Gasteiger partial charge in [-0.1, -0.05) is 0 Å². The van der Waals surface area contributed by atoms with Gasteiger partial charge in [0.1, 0.15) is 0 Å². The van der Waals surface area contributed by atoms with Crippen LogP contribution in [0.3, 0.4) is 0 Å². The maximum Gasteiger partial charge on any atom is 0.223 e. The summed E-state index contributed by atoms with van der Waals surface area (Å²) in [6.07, 6.45) is 4.74. The lowest BCUT2D eigenvalue weighted by molar-refractivity contribution is -0.128. The zero-order valence-corrected chi connectivity index (χ0v) is 20.9. The molecule has 1 aliphatic heterocycles. The number of rotatable bonds is 10. The molecular formula is C22H35IN4O4. The number of ether oxygens (including phenoxy) is 3. The Kier molecular flexibility index (Phi) is 11.2. The number of amides is 1. The number of halogens is 1. The van der Waals surface area contributed by atoms with Gasteiger partial charge in [0.2, 0.25) is 5.91 Å². The molecule has 174 valence electrons. The normalized spacial score (nSPS) is 15.5. The second-order valence-corrected chi connectivity index (χ2v) is 7.90. The molecule has 0 saturated heterocycles. The lowest BCUT2D eigenvalue weighted by Crippen LogP contribution is -2.34. The van der Waals surface area contributed by atoms with E-state index in [1.54, 1.807) is 19.0 Å². The first kappa shape index (κ1) is 25.5. The van der Waals surface area contributed by atoms with Gasteiger partial charge in [-0.3, -0.25) is 9.79 Å². The van der Waals surface area contributed by atoms with Crippen molar-refractivity contribution in [2.24, 2.45) is 10.9 Å². The fourth-order valence-electron chi connectivity index (χ4n) is 2.92. The van der Waals surface area contributed by atoms with Crippen molar-refractivity contribution in [2.75, 3.05) is 58.9 Å². The van der Waals surface area contributed by atoms with Crippen molar-refractivity contribution in [3.05, 3.63) is 18.2 Å². The number of fused-ring (bicyclic) bond motifs is 1. The largest absolute Gasteiger partial charge is 0.490 e. The molecule has 31 heavy (non-hydrogen) atoms. The minimum Gasteiger partial charge on any atom is -0.490 e. The fraction of sp³-hybridized carbons (Fsp3) is 0.636. The first-order valence-corrected chi connectivity index (χ1v) is 10.8. The molecule has 3 rings (SSSR count). The molecule has 1 heterocycles. The second-order valence-electron chi connectivity index (χ2n) is 7.90. The van der Waals surface area contributed by atoms with Crippen molar-refractivity contribution in [1.82, 2.24) is 10.2 Å². The number of anilines is 1. The monoisotopic (exact) mass is 546 g/mol. The summed E-state index contributed by atoms with van der Waals surface area (Å²) in [6.45, 7) is 4.05. The number of hydrogen-bond donors (Lipinski definition) is 2. The number of carbonyl (C=O) groups is 1. The fourth-order valence-corrected chi connectivity index (χ4v) is 2.92. The van der Waals surface area contributed by atoms with Crippen LogP contribution in [0.15, 0.2) is 23.2 Å². The molecule has 0 unspecified atom stereocenters. The van der Waals surface area contributed by atoms with E-state index >= 15 is 0 Å². The van der Waals surface area contributed by atoms with Crippen LogP contribution in [-0.2, 0) is 9.53 Å². The van der Waals surface area contributed by atoms with Crippen LogP contribution in [0.4, 0.5) is 5.69 Å². The predicted octanol–water partition coefficient (Wildman–Crippen LogP) is 3.12. The summed E-state index contributed by atoms with van der Waals surface area (Å²) in [5.41, 5.74) is 0.856. The van der Waals surface area contributed by atoms with Crippen LogP contribution >= 0.6 is 24.0 Å². The molecule has 1 aromatic rings. The van der Waals surface area contributed by atoms with Gasteiger partial charge in [0.25, 0.3) is 0 Å². The molecule has 1 amide bonds. The maximum absolute atomic E-state index is 11.8. The van der Waals surface area contributed by atoms with Crippen molar-refractivity contribution in [1.29, 1.82) is 0 Å². The molecule has 8 nitrogen and oxygen atoms in total. The molecule has 2 aliphatic rings. The summed E-state index contributed by atoms with van der Waals surface area (Å²) in [5, 5.41) is 6.55. The standard InChI is InChI=1S/C22H34N4O4.HI/c1-26(2)21(27)9-11-24-22(23-10-3-12-28-16-17-5-6-17)25-18-7-8-19-20(15-18)30-14-4-13-29-19;/h7-8,15,17H,3-6,9-14,16H2,1-2H3,(H2,23,24,25);1H. The summed E-state index contributed by atoms with van der Waals surface area (Å²) in [4.78, 5) is 18.1. The zero-order chi connectivity index (χ0) is 21.2. The third-order valence-corrected chi connectivity index (χ3v) is 4.91. The highest BCUT2D eigenvalue weighted by molar-refractivity contribution is 14.0. The number of carbonyl (C=O) groups excluding carboxylic acids is 1. The van der Waals surface area contributed by atoms with Crippen molar-refractivity contribution >= 4 is 41.5 Å². The first-order valence-electron chi connectivity index (χ1n) is 10.8. The zero-order valence-electron chi connectivity index (χ0n) is 18.5. The van der Waals surface area contributed by atoms with Gasteiger partial charge < -0.3 is 29.7 Å². The van der Waals surface area contributed by atoms with Crippen molar-refractivity contribution < 1.29 is 19.0 Å². The smallest absolute Gasteiger partial charge is 0.223 e. The summed E-state index contributed by atoms with van der Waals surface area (Å²) in [7, 11) is 3.52. The molecule has 1 saturated carbocycles. The molecule has 1 aromatic carbocycles. The van der Waals surface area contributed by atoms with E-state index in [1.807, 2.05) is 18.2 Å². The van der Waals surface area contributed by atoms with Crippen LogP contribution in [0.2, 0.25) is 0 Å². The van der Waals surface area contributed by atoms with Crippen LogP contribution in [0.1, 0.15) is 32.1 Å². The van der Waals surface area contributed by atoms with E-state index in [0.29, 0.717) is 38.7 Å². The Morgan fingerprint density at radius 2 is 2.00 bits per heavy atom. The highest BCUT2D eigenvalue weighted by Gasteiger charge is 2.20. The van der Waals surface area contributed by atoms with E-state index in [1.165, 1.54) is 12.8 Å². The highest BCUT2D eigenvalue weighted by atomic mass is 127. The third kappa shape index (κ3) is 9.51. The molecule has 1 aliphatic carbocycles. The van der Waals surface area contributed by atoms with Crippen LogP contribution in [0.25, 0.3) is 0 Å². The number of benzene rings is 1. The maximum atomic E-state index is 11.8. The van der Waals surface area contributed by atoms with Crippen LogP contribution in [0.5, 0.6) is 11.5 Å². The SMILES string of the molecule is CN(C)C(=O)CCNC(=NCCCOCC1CC1)Nc1ccc2c(c1)OCCCO2.I. The third-order valence-electron chi connectivity index (χ3n) is 4.91. The molecule has 0 spiro atoms. The minimum atomic E-state index is 0. The molecule has 9 heteroatoms. The Hall–Kier alpha value is -1.75. The van der Waals surface area contributed by atoms with Crippen LogP contribution in [-0.4, -0.2) is 70.4 Å². The summed E-state index contributed by atoms with van der Waals surface area (Å²) in [6, 6.07) is 5.76. The Morgan fingerprint density at radius 1 is 1.23 bits per heavy atom. The Balaban J connectivity index is 0.00000341. The number of aliphatic imine (C=N–C) groups is 1. The summed E-state index contributed by atoms with van der Waals surface area (Å²) >= 11 is 0.